The molecule has 1 fully saturated rings. The van der Waals surface area contributed by atoms with Gasteiger partial charge in [0, 0.05) is 0 Å². The van der Waals surface area contributed by atoms with E-state index in [9.17, 15) is 0 Å². The van der Waals surface area contributed by atoms with Crippen LogP contribution >= 0.6 is 0 Å². The molecule has 0 aromatic carbocycles. The Kier molecular flexibility index (Phi) is 5.54. The van der Waals surface area contributed by atoms with Crippen LogP contribution in [-0.2, 0) is 0 Å². The van der Waals surface area contributed by atoms with E-state index in [0.29, 0.717) is 0 Å². The maximum Gasteiger partial charge on any atom is -0.00161 e. The van der Waals surface area contributed by atoms with Crippen molar-refractivity contribution in [2.45, 2.75) is 52.9 Å². The first-order valence-electron chi connectivity index (χ1n) is 6.44. The molecule has 1 nitrogen and oxygen atoms in total. The molecule has 1 heterocycles. The molecule has 0 bridgehead atoms. The van der Waals surface area contributed by atoms with Gasteiger partial charge >= 0.3 is 0 Å². The molecule has 1 aliphatic heterocycles. The number of unbranched alkanes of at least 4 members (excludes halogenated alkanes) is 1. The van der Waals surface area contributed by atoms with Crippen molar-refractivity contribution in [3.63, 3.8) is 0 Å². The van der Waals surface area contributed by atoms with Gasteiger partial charge in [-0.15, -0.1) is 0 Å². The molecule has 14 heavy (non-hydrogen) atoms. The monoisotopic (exact) mass is 197 g/mol. The van der Waals surface area contributed by atoms with E-state index in [-0.39, 0.29) is 0 Å². The predicted octanol–water partition coefficient (Wildman–Crippen LogP) is 3.54. The van der Waals surface area contributed by atoms with E-state index in [0.717, 1.165) is 11.8 Å². The summed E-state index contributed by atoms with van der Waals surface area (Å²) in [6.45, 7) is 11.0. The fraction of sp³-hybridized carbons (Fsp3) is 1.00. The Labute approximate surface area is 89.9 Å². The minimum absolute atomic E-state index is 0.891. The zero-order valence-electron chi connectivity index (χ0n) is 10.3. The second-order valence-electron chi connectivity index (χ2n) is 5.27. The summed E-state index contributed by atoms with van der Waals surface area (Å²) in [5.41, 5.74) is 0. The van der Waals surface area contributed by atoms with E-state index < -0.39 is 0 Å². The van der Waals surface area contributed by atoms with Gasteiger partial charge in [-0.2, -0.15) is 0 Å². The second-order valence-corrected chi connectivity index (χ2v) is 5.27. The van der Waals surface area contributed by atoms with Gasteiger partial charge in [0.15, 0.2) is 0 Å². The Hall–Kier alpha value is -0.0400. The molecule has 0 unspecified atom stereocenters. The molecule has 0 amide bonds. The van der Waals surface area contributed by atoms with Crippen LogP contribution in [0.3, 0.4) is 0 Å². The average Bonchev–Trinajstić information content (AvgIpc) is 2.16. The average molecular weight is 197 g/mol. The van der Waals surface area contributed by atoms with Crippen LogP contribution in [0.5, 0.6) is 0 Å². The minimum atomic E-state index is 0.891. The number of hydrogen-bond donors (Lipinski definition) is 0. The van der Waals surface area contributed by atoms with Crippen molar-refractivity contribution in [3.05, 3.63) is 0 Å². The highest BCUT2D eigenvalue weighted by Crippen LogP contribution is 2.23. The lowest BCUT2D eigenvalue weighted by Gasteiger charge is -2.32. The van der Waals surface area contributed by atoms with Crippen LogP contribution in [0.2, 0.25) is 0 Å². The number of piperidine rings is 1. The Bertz CT molecular complexity index is 134. The van der Waals surface area contributed by atoms with Gasteiger partial charge in [-0.25, -0.2) is 0 Å². The van der Waals surface area contributed by atoms with Crippen molar-refractivity contribution in [2.75, 3.05) is 19.6 Å². The van der Waals surface area contributed by atoms with Crippen LogP contribution in [0, 0.1) is 11.8 Å². The quantitative estimate of drug-likeness (QED) is 0.651. The van der Waals surface area contributed by atoms with E-state index >= 15 is 0 Å². The summed E-state index contributed by atoms with van der Waals surface area (Å²) in [6, 6.07) is 0. The van der Waals surface area contributed by atoms with Crippen LogP contribution in [0.4, 0.5) is 0 Å². The number of nitrogens with zero attached hydrogens (tertiary/aromatic N) is 1. The normalized spacial score (nSPS) is 20.6. The predicted molar refractivity (Wildman–Crippen MR) is 63.5 cm³/mol. The fourth-order valence-corrected chi connectivity index (χ4v) is 2.49. The van der Waals surface area contributed by atoms with E-state index in [1.165, 1.54) is 51.7 Å². The van der Waals surface area contributed by atoms with Gasteiger partial charge in [-0.05, 0) is 57.2 Å². The molecule has 0 spiro atoms. The first-order chi connectivity index (χ1) is 6.72. The molecule has 0 aromatic heterocycles. The standard InChI is InChI=1S/C13H27N/c1-4-5-8-14-9-6-13(7-10-14)11-12(2)3/h12-13H,4-11H2,1-3H3. The lowest BCUT2D eigenvalue weighted by molar-refractivity contribution is 0.169. The molecule has 0 radical (unpaired) electrons. The molecule has 84 valence electrons. The molecule has 0 aliphatic carbocycles. The highest BCUT2D eigenvalue weighted by Gasteiger charge is 2.18. The van der Waals surface area contributed by atoms with E-state index in [1.54, 1.807) is 0 Å². The number of hydrogen-bond acceptors (Lipinski definition) is 1. The summed E-state index contributed by atoms with van der Waals surface area (Å²) in [7, 11) is 0. The van der Waals surface area contributed by atoms with Crippen molar-refractivity contribution in [2.24, 2.45) is 11.8 Å². The molecule has 1 rings (SSSR count). The fourth-order valence-electron chi connectivity index (χ4n) is 2.49. The smallest absolute Gasteiger partial charge is 0.00161 e. The van der Waals surface area contributed by atoms with Gasteiger partial charge in [0.25, 0.3) is 0 Å². The van der Waals surface area contributed by atoms with Gasteiger partial charge in [0.1, 0.15) is 0 Å². The second kappa shape index (κ2) is 6.44. The van der Waals surface area contributed by atoms with Crippen LogP contribution in [0.25, 0.3) is 0 Å². The highest BCUT2D eigenvalue weighted by atomic mass is 15.1. The summed E-state index contributed by atoms with van der Waals surface area (Å²) in [4.78, 5) is 2.65. The summed E-state index contributed by atoms with van der Waals surface area (Å²) in [5.74, 6) is 1.91. The number of rotatable bonds is 5. The van der Waals surface area contributed by atoms with E-state index in [1.807, 2.05) is 0 Å². The molecule has 0 atom stereocenters. The van der Waals surface area contributed by atoms with Gasteiger partial charge in [-0.1, -0.05) is 27.2 Å². The Morgan fingerprint density at radius 1 is 1.21 bits per heavy atom. The third-order valence-corrected chi connectivity index (χ3v) is 3.34. The summed E-state index contributed by atoms with van der Waals surface area (Å²) in [6.07, 6.45) is 7.06. The van der Waals surface area contributed by atoms with Gasteiger partial charge in [0.2, 0.25) is 0 Å². The van der Waals surface area contributed by atoms with Gasteiger partial charge < -0.3 is 4.90 Å². The van der Waals surface area contributed by atoms with Crippen LogP contribution in [0.1, 0.15) is 52.9 Å². The molecule has 0 aromatic rings. The topological polar surface area (TPSA) is 3.24 Å². The molecule has 1 heteroatoms. The zero-order valence-corrected chi connectivity index (χ0v) is 10.3. The summed E-state index contributed by atoms with van der Waals surface area (Å²) >= 11 is 0. The first-order valence-corrected chi connectivity index (χ1v) is 6.44. The maximum absolute atomic E-state index is 2.65. The third kappa shape index (κ3) is 4.45. The van der Waals surface area contributed by atoms with Crippen molar-refractivity contribution < 1.29 is 0 Å². The largest absolute Gasteiger partial charge is 0.303 e. The van der Waals surface area contributed by atoms with Crippen molar-refractivity contribution >= 4 is 0 Å². The van der Waals surface area contributed by atoms with Crippen molar-refractivity contribution in [3.8, 4) is 0 Å². The molecule has 0 N–H and O–H groups in total. The van der Waals surface area contributed by atoms with Gasteiger partial charge in [0.05, 0.1) is 0 Å². The number of likely N-dealkylation sites (tertiary alicyclic amines) is 1. The Balaban J connectivity index is 2.11. The highest BCUT2D eigenvalue weighted by molar-refractivity contribution is 4.72. The maximum atomic E-state index is 2.65. The molecule has 0 saturated carbocycles. The summed E-state index contributed by atoms with van der Waals surface area (Å²) in [5, 5.41) is 0. The lowest BCUT2D eigenvalue weighted by atomic mass is 9.88. The van der Waals surface area contributed by atoms with Crippen molar-refractivity contribution in [1.29, 1.82) is 0 Å². The summed E-state index contributed by atoms with van der Waals surface area (Å²) < 4.78 is 0. The van der Waals surface area contributed by atoms with Crippen LogP contribution in [0.15, 0.2) is 0 Å². The third-order valence-electron chi connectivity index (χ3n) is 3.34. The zero-order chi connectivity index (χ0) is 10.4. The lowest BCUT2D eigenvalue weighted by Crippen LogP contribution is -2.34. The molecule has 1 aliphatic rings. The van der Waals surface area contributed by atoms with Gasteiger partial charge in [-0.3, -0.25) is 0 Å². The van der Waals surface area contributed by atoms with Crippen LogP contribution in [-0.4, -0.2) is 24.5 Å². The Morgan fingerprint density at radius 3 is 2.36 bits per heavy atom. The van der Waals surface area contributed by atoms with E-state index in [4.69, 9.17) is 0 Å². The van der Waals surface area contributed by atoms with Crippen molar-refractivity contribution in [1.82, 2.24) is 4.90 Å². The molecular formula is C13H27N. The Morgan fingerprint density at radius 2 is 1.86 bits per heavy atom. The van der Waals surface area contributed by atoms with Crippen LogP contribution < -0.4 is 0 Å². The minimum Gasteiger partial charge on any atom is -0.303 e. The SMILES string of the molecule is CCCCN1CCC(CC(C)C)CC1. The molecule has 1 saturated heterocycles. The molecular weight excluding hydrogens is 170 g/mol. The first kappa shape index (κ1) is 12.0. The van der Waals surface area contributed by atoms with E-state index in [2.05, 4.69) is 25.7 Å².